The van der Waals surface area contributed by atoms with Gasteiger partial charge in [0.15, 0.2) is 0 Å². The molecule has 3 aromatic carbocycles. The summed E-state index contributed by atoms with van der Waals surface area (Å²) in [5.41, 5.74) is 2.18. The number of azo groups is 2. The second kappa shape index (κ2) is 11.3. The molecule has 0 aliphatic carbocycles. The zero-order valence-electron chi connectivity index (χ0n) is 17.4. The first-order valence-electron chi connectivity index (χ1n) is 10.0. The van der Waals surface area contributed by atoms with Gasteiger partial charge in [-0.3, -0.25) is 0 Å². The van der Waals surface area contributed by atoms with Crippen molar-refractivity contribution >= 4 is 28.4 Å². The number of aliphatic hydroxyl groups is 2. The number of hydrogen-bond donors (Lipinski definition) is 3. The molecule has 10 heteroatoms. The number of halogens is 3. The second-order valence-corrected chi connectivity index (χ2v) is 7.12. The predicted octanol–water partition coefficient (Wildman–Crippen LogP) is 6.55. The van der Waals surface area contributed by atoms with Crippen LogP contribution in [0, 0.1) is 5.92 Å². The molecule has 172 valence electrons. The van der Waals surface area contributed by atoms with E-state index in [1.807, 2.05) is 12.1 Å². The van der Waals surface area contributed by atoms with Gasteiger partial charge in [0.1, 0.15) is 0 Å². The largest absolute Gasteiger partial charge is 0.416 e. The van der Waals surface area contributed by atoms with Crippen molar-refractivity contribution in [2.24, 2.45) is 26.4 Å². The number of rotatable bonds is 9. The van der Waals surface area contributed by atoms with Crippen molar-refractivity contribution < 1.29 is 23.4 Å². The number of benzene rings is 3. The number of anilines is 1. The molecule has 0 aromatic heterocycles. The molecule has 3 N–H and O–H groups in total. The average Bonchev–Trinajstić information content (AvgIpc) is 2.83. The fraction of sp³-hybridized carbons (Fsp3) is 0.217. The molecule has 0 unspecified atom stereocenters. The molecule has 0 bridgehead atoms. The molecule has 0 aliphatic rings. The maximum atomic E-state index is 12.6. The van der Waals surface area contributed by atoms with Gasteiger partial charge in [0.25, 0.3) is 0 Å². The maximum absolute atomic E-state index is 12.6. The van der Waals surface area contributed by atoms with Crippen LogP contribution in [0.25, 0.3) is 0 Å². The van der Waals surface area contributed by atoms with Crippen LogP contribution in [0.15, 0.2) is 93.3 Å². The van der Waals surface area contributed by atoms with E-state index in [-0.39, 0.29) is 19.1 Å². The van der Waals surface area contributed by atoms with Crippen LogP contribution in [-0.4, -0.2) is 30.0 Å². The average molecular weight is 457 g/mol. The molecule has 0 amide bonds. The molecular weight excluding hydrogens is 435 g/mol. The van der Waals surface area contributed by atoms with Crippen LogP contribution in [0.4, 0.5) is 41.6 Å². The van der Waals surface area contributed by atoms with Crippen LogP contribution in [-0.2, 0) is 6.18 Å². The minimum absolute atomic E-state index is 0.0922. The topological polar surface area (TPSA) is 102 Å². The van der Waals surface area contributed by atoms with E-state index in [1.165, 1.54) is 12.1 Å². The van der Waals surface area contributed by atoms with Gasteiger partial charge in [0.05, 0.1) is 28.3 Å². The SMILES string of the molecule is OCC(CO)CNc1ccc(N=Nc2ccc(N=Nc3ccc(C(F)(F)F)cc3)cc2)cc1. The van der Waals surface area contributed by atoms with Gasteiger partial charge in [-0.25, -0.2) is 0 Å². The molecular formula is C23H22F3N5O2. The Bertz CT molecular complexity index is 1060. The highest BCUT2D eigenvalue weighted by Gasteiger charge is 2.29. The summed E-state index contributed by atoms with van der Waals surface area (Å²) in [6.07, 6.45) is -4.39. The molecule has 3 rings (SSSR count). The summed E-state index contributed by atoms with van der Waals surface area (Å²) in [7, 11) is 0. The summed E-state index contributed by atoms with van der Waals surface area (Å²) in [6.45, 7) is 0.270. The first-order chi connectivity index (χ1) is 15.9. The second-order valence-electron chi connectivity index (χ2n) is 7.12. The van der Waals surface area contributed by atoms with Crippen molar-refractivity contribution in [3.05, 3.63) is 78.4 Å². The van der Waals surface area contributed by atoms with E-state index >= 15 is 0 Å². The smallest absolute Gasteiger partial charge is 0.396 e. The predicted molar refractivity (Wildman–Crippen MR) is 119 cm³/mol. The lowest BCUT2D eigenvalue weighted by Gasteiger charge is -2.12. The van der Waals surface area contributed by atoms with E-state index in [0.29, 0.717) is 29.3 Å². The van der Waals surface area contributed by atoms with Gasteiger partial charge in [-0.15, -0.1) is 0 Å². The van der Waals surface area contributed by atoms with Crippen LogP contribution in [0.3, 0.4) is 0 Å². The Hall–Kier alpha value is -3.63. The van der Waals surface area contributed by atoms with E-state index < -0.39 is 11.7 Å². The summed E-state index contributed by atoms with van der Waals surface area (Å²) >= 11 is 0. The summed E-state index contributed by atoms with van der Waals surface area (Å²) < 4.78 is 37.8. The van der Waals surface area contributed by atoms with Crippen molar-refractivity contribution in [3.8, 4) is 0 Å². The van der Waals surface area contributed by atoms with Crippen LogP contribution in [0.2, 0.25) is 0 Å². The van der Waals surface area contributed by atoms with Gasteiger partial charge in [0.2, 0.25) is 0 Å². The molecule has 7 nitrogen and oxygen atoms in total. The molecule has 33 heavy (non-hydrogen) atoms. The molecule has 3 aromatic rings. The van der Waals surface area contributed by atoms with E-state index in [9.17, 15) is 13.2 Å². The Morgan fingerprint density at radius 3 is 1.36 bits per heavy atom. The molecule has 0 spiro atoms. The van der Waals surface area contributed by atoms with Crippen molar-refractivity contribution in [2.75, 3.05) is 25.1 Å². The van der Waals surface area contributed by atoms with Gasteiger partial charge in [-0.05, 0) is 72.8 Å². The lowest BCUT2D eigenvalue weighted by atomic mass is 10.1. The van der Waals surface area contributed by atoms with Gasteiger partial charge in [-0.1, -0.05) is 0 Å². The van der Waals surface area contributed by atoms with Crippen LogP contribution in [0.1, 0.15) is 5.56 Å². The molecule has 0 aliphatic heterocycles. The Morgan fingerprint density at radius 2 is 1.00 bits per heavy atom. The Balaban J connectivity index is 1.55. The van der Waals surface area contributed by atoms with Gasteiger partial charge >= 0.3 is 6.18 Å². The van der Waals surface area contributed by atoms with Gasteiger partial charge in [-0.2, -0.15) is 33.6 Å². The van der Waals surface area contributed by atoms with Crippen molar-refractivity contribution in [1.82, 2.24) is 0 Å². The monoisotopic (exact) mass is 457 g/mol. The first kappa shape index (κ1) is 24.0. The van der Waals surface area contributed by atoms with Crippen molar-refractivity contribution in [3.63, 3.8) is 0 Å². The number of alkyl halides is 3. The first-order valence-corrected chi connectivity index (χ1v) is 10.0. The Morgan fingerprint density at radius 1 is 0.636 bits per heavy atom. The Kier molecular flexibility index (Phi) is 8.22. The summed E-state index contributed by atoms with van der Waals surface area (Å²) in [4.78, 5) is 0. The highest BCUT2D eigenvalue weighted by atomic mass is 19.4. The maximum Gasteiger partial charge on any atom is 0.416 e. The van der Waals surface area contributed by atoms with E-state index in [2.05, 4.69) is 25.8 Å². The number of nitrogens with one attached hydrogen (secondary N) is 1. The minimum Gasteiger partial charge on any atom is -0.396 e. The molecule has 0 saturated heterocycles. The standard InChI is InChI=1S/C23H22F3N5O2/c24-23(25,26)17-1-3-19(4-2-17)28-30-21-9-11-22(12-10-21)31-29-20-7-5-18(6-8-20)27-13-16(14-32)15-33/h1-12,16,27,32-33H,13-15H2. The summed E-state index contributed by atoms with van der Waals surface area (Å²) in [6, 6.07) is 18.4. The third kappa shape index (κ3) is 7.48. The van der Waals surface area contributed by atoms with E-state index in [4.69, 9.17) is 10.2 Å². The van der Waals surface area contributed by atoms with E-state index in [0.717, 1.165) is 17.8 Å². The number of aliphatic hydroxyl groups excluding tert-OH is 2. The lowest BCUT2D eigenvalue weighted by molar-refractivity contribution is -0.137. The van der Waals surface area contributed by atoms with Crippen molar-refractivity contribution in [1.29, 1.82) is 0 Å². The van der Waals surface area contributed by atoms with Crippen LogP contribution in [0.5, 0.6) is 0 Å². The van der Waals surface area contributed by atoms with Gasteiger partial charge < -0.3 is 15.5 Å². The summed E-state index contributed by atoms with van der Waals surface area (Å²) in [5.74, 6) is -0.221. The quantitative estimate of drug-likeness (QED) is 0.318. The zero-order valence-corrected chi connectivity index (χ0v) is 17.4. The number of nitrogens with zero attached hydrogens (tertiary/aromatic N) is 4. The third-order valence-corrected chi connectivity index (χ3v) is 4.58. The highest BCUT2D eigenvalue weighted by Crippen LogP contribution is 2.31. The fourth-order valence-corrected chi connectivity index (χ4v) is 2.63. The third-order valence-electron chi connectivity index (χ3n) is 4.58. The molecule has 0 heterocycles. The normalized spacial score (nSPS) is 12.2. The lowest BCUT2D eigenvalue weighted by Crippen LogP contribution is -2.21. The highest BCUT2D eigenvalue weighted by molar-refractivity contribution is 5.52. The molecule has 0 saturated carbocycles. The van der Waals surface area contributed by atoms with Crippen LogP contribution >= 0.6 is 0 Å². The van der Waals surface area contributed by atoms with Crippen molar-refractivity contribution in [2.45, 2.75) is 6.18 Å². The zero-order chi connectivity index (χ0) is 23.7. The number of hydrogen-bond acceptors (Lipinski definition) is 7. The molecule has 0 radical (unpaired) electrons. The van der Waals surface area contributed by atoms with Crippen LogP contribution < -0.4 is 5.32 Å². The molecule has 0 atom stereocenters. The van der Waals surface area contributed by atoms with Gasteiger partial charge in [0, 0.05) is 31.4 Å². The minimum atomic E-state index is -4.39. The van der Waals surface area contributed by atoms with E-state index in [1.54, 1.807) is 36.4 Å². The Labute approximate surface area is 188 Å². The molecule has 0 fully saturated rings. The summed E-state index contributed by atoms with van der Waals surface area (Å²) in [5, 5.41) is 37.6. The fourth-order valence-electron chi connectivity index (χ4n) is 2.63.